The zero-order valence-corrected chi connectivity index (χ0v) is 29.9. The van der Waals surface area contributed by atoms with Gasteiger partial charge < -0.3 is 30.4 Å². The Morgan fingerprint density at radius 1 is 0.510 bits per heavy atom. The number of aromatic amines is 2. The summed E-state index contributed by atoms with van der Waals surface area (Å²) in [5, 5.41) is 38.0. The Kier molecular flexibility index (Phi) is 11.4. The maximum absolute atomic E-state index is 11.6. The number of H-pyrrole nitrogens is 2. The van der Waals surface area contributed by atoms with E-state index in [1.165, 1.54) is 0 Å². The van der Waals surface area contributed by atoms with Crippen molar-refractivity contribution in [2.45, 2.75) is 79.1 Å². The van der Waals surface area contributed by atoms with E-state index >= 15 is 0 Å². The first kappa shape index (κ1) is 37.0. The molecule has 0 unspecified atom stereocenters. The van der Waals surface area contributed by atoms with Gasteiger partial charge in [0.1, 0.15) is 0 Å². The first-order chi connectivity index (χ1) is 22.7. The summed E-state index contributed by atoms with van der Waals surface area (Å²) in [6.45, 7) is 7.56. The summed E-state index contributed by atoms with van der Waals surface area (Å²) in [5.41, 5.74) is 11.4. The third kappa shape index (κ3) is 8.08. The largest absolute Gasteiger partial charge is 2.00 e. The number of carboxylic acids is 4. The number of rotatable bonds is 12. The van der Waals surface area contributed by atoms with Crippen molar-refractivity contribution in [3.05, 3.63) is 69.3 Å². The quantitative estimate of drug-likeness (QED) is 0.116. The van der Waals surface area contributed by atoms with E-state index in [1.807, 2.05) is 52.0 Å². The first-order valence-corrected chi connectivity index (χ1v) is 15.7. The minimum absolute atomic E-state index is 0. The van der Waals surface area contributed by atoms with Gasteiger partial charge in [-0.3, -0.25) is 19.2 Å². The second-order valence-electron chi connectivity index (χ2n) is 12.2. The summed E-state index contributed by atoms with van der Waals surface area (Å²) in [6, 6.07) is 7.40. The van der Waals surface area contributed by atoms with Crippen LogP contribution in [-0.2, 0) is 53.1 Å². The van der Waals surface area contributed by atoms with Crippen LogP contribution in [0.1, 0.15) is 97.4 Å². The zero-order chi connectivity index (χ0) is 34.9. The Balaban J connectivity index is 0.00000541. The summed E-state index contributed by atoms with van der Waals surface area (Å²) in [6.07, 6.45) is 0.578. The predicted molar refractivity (Wildman–Crippen MR) is 181 cm³/mol. The van der Waals surface area contributed by atoms with Gasteiger partial charge in [0.25, 0.3) is 0 Å². The summed E-state index contributed by atoms with van der Waals surface area (Å²) in [4.78, 5) is 63.1. The molecule has 0 aromatic carbocycles. The molecule has 2 aliphatic heterocycles. The van der Waals surface area contributed by atoms with Crippen molar-refractivity contribution in [2.75, 3.05) is 0 Å². The van der Waals surface area contributed by atoms with Crippen molar-refractivity contribution in [1.29, 1.82) is 0 Å². The number of carbonyl (C=O) groups is 4. The van der Waals surface area contributed by atoms with E-state index in [2.05, 4.69) is 9.97 Å². The smallest absolute Gasteiger partial charge is 0.481 e. The molecule has 0 radical (unpaired) electrons. The number of aromatic nitrogens is 4. The molecule has 0 fully saturated rings. The first-order valence-electron chi connectivity index (χ1n) is 15.7. The molecule has 3 aromatic rings. The number of nitrogens with zero attached hydrogens (tertiary/aromatic N) is 2. The number of aryl methyl sites for hydroxylation is 4. The van der Waals surface area contributed by atoms with Crippen LogP contribution in [0.15, 0.2) is 24.3 Å². The molecule has 49 heavy (non-hydrogen) atoms. The van der Waals surface area contributed by atoms with Gasteiger partial charge in [-0.2, -0.15) is 0 Å². The summed E-state index contributed by atoms with van der Waals surface area (Å²) < 4.78 is 0. The van der Waals surface area contributed by atoms with E-state index < -0.39 is 23.9 Å². The maximum atomic E-state index is 11.6. The van der Waals surface area contributed by atoms with E-state index in [9.17, 15) is 39.6 Å². The van der Waals surface area contributed by atoms with Crippen LogP contribution < -0.4 is 0 Å². The van der Waals surface area contributed by atoms with Crippen LogP contribution in [0.2, 0.25) is 0 Å². The number of hydrogen-bond acceptors (Lipinski definition) is 6. The van der Waals surface area contributed by atoms with Gasteiger partial charge in [0, 0.05) is 47.8 Å². The van der Waals surface area contributed by atoms with Gasteiger partial charge >= 0.3 is 44.9 Å². The molecule has 6 N–H and O–H groups in total. The van der Waals surface area contributed by atoms with Crippen LogP contribution in [0.5, 0.6) is 0 Å². The van der Waals surface area contributed by atoms with Gasteiger partial charge in [-0.15, -0.1) is 0 Å². The van der Waals surface area contributed by atoms with E-state index in [4.69, 9.17) is 9.97 Å². The molecule has 0 amide bonds. The van der Waals surface area contributed by atoms with Gasteiger partial charge in [0.2, 0.25) is 0 Å². The predicted octanol–water partition coefficient (Wildman–Crippen LogP) is 6.55. The van der Waals surface area contributed by atoms with Crippen LogP contribution in [-0.4, -0.2) is 64.2 Å². The molecule has 5 heterocycles. The zero-order valence-electron chi connectivity index (χ0n) is 27.6. The monoisotopic (exact) mass is 849 g/mol. The molecule has 5 rings (SSSR count). The van der Waals surface area contributed by atoms with Crippen LogP contribution in [0, 0.1) is 13.8 Å². The molecule has 3 aromatic heterocycles. The van der Waals surface area contributed by atoms with Crippen LogP contribution in [0.3, 0.4) is 0 Å². The average molecular weight is 850 g/mol. The fraction of sp³-hybridized carbons (Fsp3) is 0.333. The van der Waals surface area contributed by atoms with E-state index in [-0.39, 0.29) is 72.4 Å². The van der Waals surface area contributed by atoms with Crippen molar-refractivity contribution >= 4 is 68.2 Å². The number of fused-ring (bicyclic) bond motifs is 8. The molecule has 0 spiro atoms. The summed E-state index contributed by atoms with van der Waals surface area (Å²) >= 11 is 0. The van der Waals surface area contributed by atoms with Gasteiger partial charge in [-0.05, 0) is 122 Å². The summed E-state index contributed by atoms with van der Waals surface area (Å²) in [7, 11) is 0. The van der Waals surface area contributed by atoms with Crippen molar-refractivity contribution in [3.63, 3.8) is 0 Å². The molecule has 12 nitrogen and oxygen atoms in total. The standard InChI is InChI=1S/C36H38N4O8.Pt/c1-17-21(5-9-33(41)42)29-14-27-19(3)22(6-10-34(43)44)30(39-27)15-28-20(4)24(8-12-36(47)48)32(40-28)16-31-23(7-11-35(45)46)18(2)26(38-31)13-25(17)37-29;/h13-16,38,40H,5-12H2,1-4H3,(H,41,42)(H,43,44)(H,45,46)(H,47,48);/q;+2. The molecule has 0 aliphatic carbocycles. The number of carboxylic acid groups (broad SMARTS) is 4. The second kappa shape index (κ2) is 15.2. The molecule has 0 saturated carbocycles. The van der Waals surface area contributed by atoms with Gasteiger partial charge in [0.15, 0.2) is 0 Å². The molecular weight excluding hydrogens is 811 g/mol. The Morgan fingerprint density at radius 3 is 1.27 bits per heavy atom. The van der Waals surface area contributed by atoms with E-state index in [1.54, 1.807) is 0 Å². The van der Waals surface area contributed by atoms with Gasteiger partial charge in [-0.25, -0.2) is 9.97 Å². The topological polar surface area (TPSA) is 207 Å². The van der Waals surface area contributed by atoms with Gasteiger partial charge in [-0.1, -0.05) is 0 Å². The molecule has 13 heteroatoms. The Labute approximate surface area is 296 Å². The number of allylic oxidation sites excluding steroid dienone is 4. The van der Waals surface area contributed by atoms with Crippen LogP contribution in [0.4, 0.5) is 0 Å². The SMILES string of the molecule is CC1=C(CCC(=O)O)c2cc3nc(cc4[nH]c(cc5[nH]c(cc1n2)c(C)c5CCC(=O)O)c(CCC(=O)O)c4C)C(CCC(=O)O)=C3C.[Pt+2]. The molecule has 8 bridgehead atoms. The molecule has 2 aliphatic rings. The third-order valence-electron chi connectivity index (χ3n) is 9.16. The van der Waals surface area contributed by atoms with Crippen molar-refractivity contribution in [1.82, 2.24) is 19.9 Å². The maximum Gasteiger partial charge on any atom is 2.00 e. The third-order valence-corrected chi connectivity index (χ3v) is 9.16. The van der Waals surface area contributed by atoms with Crippen molar-refractivity contribution < 1.29 is 60.7 Å². The van der Waals surface area contributed by atoms with E-state index in [0.29, 0.717) is 44.8 Å². The van der Waals surface area contributed by atoms with E-state index in [0.717, 1.165) is 44.5 Å². The minimum atomic E-state index is -0.946. The Morgan fingerprint density at radius 2 is 0.857 bits per heavy atom. The number of hydrogen-bond donors (Lipinski definition) is 6. The van der Waals surface area contributed by atoms with Crippen molar-refractivity contribution in [2.24, 2.45) is 0 Å². The second-order valence-corrected chi connectivity index (χ2v) is 12.2. The fourth-order valence-corrected chi connectivity index (χ4v) is 6.42. The average Bonchev–Trinajstić information content (AvgIpc) is 3.66. The fourth-order valence-electron chi connectivity index (χ4n) is 6.42. The van der Waals surface area contributed by atoms with Crippen LogP contribution in [0.25, 0.3) is 44.4 Å². The molecule has 0 saturated heterocycles. The molecule has 258 valence electrons. The Hall–Kier alpha value is -4.83. The molecular formula is C36H38N4O8Pt+2. The number of nitrogens with one attached hydrogen (secondary N) is 2. The minimum Gasteiger partial charge on any atom is -0.481 e. The molecule has 0 atom stereocenters. The normalized spacial score (nSPS) is 12.7. The van der Waals surface area contributed by atoms with Gasteiger partial charge in [0.05, 0.1) is 22.8 Å². The van der Waals surface area contributed by atoms with Crippen LogP contribution >= 0.6 is 0 Å². The summed E-state index contributed by atoms with van der Waals surface area (Å²) in [5.74, 6) is -3.76. The Bertz CT molecular complexity index is 2100. The number of aliphatic carboxylic acids is 4. The van der Waals surface area contributed by atoms with Crippen molar-refractivity contribution in [3.8, 4) is 0 Å².